The maximum absolute atomic E-state index is 13.8. The Hall–Kier alpha value is -3.12. The number of ether oxygens (including phenoxy) is 3. The van der Waals surface area contributed by atoms with E-state index in [1.54, 1.807) is 13.8 Å². The molecule has 0 saturated carbocycles. The van der Waals surface area contributed by atoms with E-state index >= 15 is 0 Å². The summed E-state index contributed by atoms with van der Waals surface area (Å²) >= 11 is 1.46. The number of thioether (sulfide) groups is 1. The molecule has 0 bridgehead atoms. The molecule has 10 nitrogen and oxygen atoms in total. The molecule has 3 N–H and O–H groups in total. The molecule has 2 fully saturated rings. The van der Waals surface area contributed by atoms with E-state index < -0.39 is 46.8 Å². The Morgan fingerprint density at radius 2 is 1.79 bits per heavy atom. The van der Waals surface area contributed by atoms with E-state index in [1.807, 2.05) is 75.4 Å². The van der Waals surface area contributed by atoms with Crippen molar-refractivity contribution < 1.29 is 33.7 Å². The second-order valence-corrected chi connectivity index (χ2v) is 13.3. The lowest BCUT2D eigenvalue weighted by atomic mass is 9.97. The second kappa shape index (κ2) is 13.5. The Balaban J connectivity index is 1.45. The number of aliphatic hydroxyl groups is 1. The third-order valence-electron chi connectivity index (χ3n) is 7.50. The fourth-order valence-corrected chi connectivity index (χ4v) is 6.30. The standard InChI is InChI=1S/C31H41N3O7S/c1-20-11-9-10-14-22(20)16-32-27(36)26-30(2,3)42-19-34(26)28(37)25(35)24(15-21-12-7-6-8-13-21)33-29(38)39-17-23-18-40-31(4,5)41-23/h6-14,23-26,35H,15-19H2,1-5H3,(H,32,36)(H,33,38)/t23-,24-,25-,26+/m0/s1. The number of nitrogens with one attached hydrogen (secondary N) is 2. The molecule has 4 rings (SSSR count). The molecule has 2 saturated heterocycles. The van der Waals surface area contributed by atoms with Crippen LogP contribution in [0.5, 0.6) is 0 Å². The third kappa shape index (κ3) is 8.03. The number of aliphatic hydroxyl groups excluding tert-OH is 1. The van der Waals surface area contributed by atoms with Gasteiger partial charge in [-0.15, -0.1) is 11.8 Å². The van der Waals surface area contributed by atoms with Crippen LogP contribution in [0.15, 0.2) is 54.6 Å². The van der Waals surface area contributed by atoms with Gasteiger partial charge in [0.15, 0.2) is 11.9 Å². The summed E-state index contributed by atoms with van der Waals surface area (Å²) in [4.78, 5) is 41.4. The van der Waals surface area contributed by atoms with E-state index in [0.29, 0.717) is 6.54 Å². The summed E-state index contributed by atoms with van der Waals surface area (Å²) in [5, 5.41) is 17.0. The summed E-state index contributed by atoms with van der Waals surface area (Å²) in [7, 11) is 0. The van der Waals surface area contributed by atoms with Crippen LogP contribution in [0.1, 0.15) is 44.4 Å². The van der Waals surface area contributed by atoms with Gasteiger partial charge in [-0.25, -0.2) is 4.79 Å². The molecule has 2 aromatic rings. The molecule has 2 aromatic carbocycles. The predicted octanol–water partition coefficient (Wildman–Crippen LogP) is 3.14. The van der Waals surface area contributed by atoms with Crippen LogP contribution in [0.3, 0.4) is 0 Å². The van der Waals surface area contributed by atoms with Gasteiger partial charge in [-0.2, -0.15) is 0 Å². The second-order valence-electron chi connectivity index (χ2n) is 11.7. The number of hydrogen-bond acceptors (Lipinski definition) is 8. The molecule has 2 aliphatic rings. The molecule has 0 radical (unpaired) electrons. The normalized spacial score (nSPS) is 22.3. The number of carbonyl (C=O) groups is 3. The van der Waals surface area contributed by atoms with Crippen molar-refractivity contribution >= 4 is 29.7 Å². The van der Waals surface area contributed by atoms with Gasteiger partial charge in [0, 0.05) is 11.3 Å². The lowest BCUT2D eigenvalue weighted by Crippen LogP contribution is -2.58. The number of aryl methyl sites for hydroxylation is 1. The van der Waals surface area contributed by atoms with E-state index in [4.69, 9.17) is 14.2 Å². The third-order valence-corrected chi connectivity index (χ3v) is 8.87. The highest BCUT2D eigenvalue weighted by Crippen LogP contribution is 2.40. The first-order chi connectivity index (χ1) is 19.9. The van der Waals surface area contributed by atoms with Gasteiger partial charge in [-0.3, -0.25) is 9.59 Å². The van der Waals surface area contributed by atoms with E-state index in [2.05, 4.69) is 10.6 Å². The van der Waals surface area contributed by atoms with Gasteiger partial charge in [-0.05, 0) is 57.7 Å². The van der Waals surface area contributed by atoms with Crippen LogP contribution in [0.4, 0.5) is 4.79 Å². The minimum absolute atomic E-state index is 0.0442. The number of alkyl carbamates (subject to hydrolysis) is 1. The van der Waals surface area contributed by atoms with E-state index in [-0.39, 0.29) is 31.4 Å². The SMILES string of the molecule is Cc1ccccc1CNC(=O)[C@H]1N(C(=O)[C@@H](O)[C@H](Cc2ccccc2)NC(=O)OC[C@H]2COC(C)(C)O2)CSC1(C)C. The Labute approximate surface area is 251 Å². The van der Waals surface area contributed by atoms with Crippen LogP contribution in [-0.4, -0.2) is 81.8 Å². The van der Waals surface area contributed by atoms with Crippen LogP contribution in [0.25, 0.3) is 0 Å². The van der Waals surface area contributed by atoms with Gasteiger partial charge >= 0.3 is 6.09 Å². The van der Waals surface area contributed by atoms with Crippen molar-refractivity contribution in [2.75, 3.05) is 19.1 Å². The first-order valence-corrected chi connectivity index (χ1v) is 15.1. The summed E-state index contributed by atoms with van der Waals surface area (Å²) in [6.45, 7) is 9.90. The van der Waals surface area contributed by atoms with Gasteiger partial charge in [0.2, 0.25) is 5.91 Å². The molecule has 0 unspecified atom stereocenters. The predicted molar refractivity (Wildman–Crippen MR) is 160 cm³/mol. The van der Waals surface area contributed by atoms with Crippen molar-refractivity contribution in [2.45, 2.75) is 82.4 Å². The summed E-state index contributed by atoms with van der Waals surface area (Å²) in [6.07, 6.45) is -2.66. The average molecular weight is 600 g/mol. The summed E-state index contributed by atoms with van der Waals surface area (Å²) < 4.78 is 16.0. The molecule has 4 atom stereocenters. The van der Waals surface area contributed by atoms with Gasteiger partial charge in [0.1, 0.15) is 18.8 Å². The zero-order valence-electron chi connectivity index (χ0n) is 24.8. The topological polar surface area (TPSA) is 126 Å². The van der Waals surface area contributed by atoms with Crippen molar-refractivity contribution in [3.05, 3.63) is 71.3 Å². The van der Waals surface area contributed by atoms with Crippen LogP contribution < -0.4 is 10.6 Å². The average Bonchev–Trinajstić information content (AvgIpc) is 3.47. The lowest BCUT2D eigenvalue weighted by Gasteiger charge is -2.33. The molecule has 228 valence electrons. The van der Waals surface area contributed by atoms with Gasteiger partial charge in [0.05, 0.1) is 18.5 Å². The van der Waals surface area contributed by atoms with E-state index in [0.717, 1.165) is 16.7 Å². The molecular formula is C31H41N3O7S. The number of carbonyl (C=O) groups excluding carboxylic acids is 3. The molecule has 0 aromatic heterocycles. The highest BCUT2D eigenvalue weighted by atomic mass is 32.2. The molecule has 3 amide bonds. The van der Waals surface area contributed by atoms with Crippen LogP contribution in [0.2, 0.25) is 0 Å². The molecule has 0 aliphatic carbocycles. The Morgan fingerprint density at radius 3 is 2.45 bits per heavy atom. The first kappa shape index (κ1) is 31.8. The van der Waals surface area contributed by atoms with E-state index in [9.17, 15) is 19.5 Å². The van der Waals surface area contributed by atoms with E-state index in [1.165, 1.54) is 16.7 Å². The molecule has 11 heteroatoms. The van der Waals surface area contributed by atoms with Gasteiger partial charge < -0.3 is 34.9 Å². The first-order valence-electron chi connectivity index (χ1n) is 14.1. The Bertz CT molecular complexity index is 1260. The minimum Gasteiger partial charge on any atom is -0.447 e. The zero-order chi connectivity index (χ0) is 30.5. The molecular weight excluding hydrogens is 558 g/mol. The highest BCUT2D eigenvalue weighted by Gasteiger charge is 2.49. The van der Waals surface area contributed by atoms with Gasteiger partial charge in [-0.1, -0.05) is 54.6 Å². The Morgan fingerprint density at radius 1 is 1.10 bits per heavy atom. The van der Waals surface area contributed by atoms with Crippen molar-refractivity contribution in [2.24, 2.45) is 0 Å². The van der Waals surface area contributed by atoms with Crippen molar-refractivity contribution in [1.29, 1.82) is 0 Å². The molecule has 2 heterocycles. The largest absolute Gasteiger partial charge is 0.447 e. The monoisotopic (exact) mass is 599 g/mol. The highest BCUT2D eigenvalue weighted by molar-refractivity contribution is 8.00. The zero-order valence-corrected chi connectivity index (χ0v) is 25.6. The van der Waals surface area contributed by atoms with Crippen LogP contribution in [0, 0.1) is 6.92 Å². The van der Waals surface area contributed by atoms with Crippen molar-refractivity contribution in [1.82, 2.24) is 15.5 Å². The summed E-state index contributed by atoms with van der Waals surface area (Å²) in [6, 6.07) is 15.2. The molecule has 2 aliphatic heterocycles. The quantitative estimate of drug-likeness (QED) is 0.380. The number of hydrogen-bond donors (Lipinski definition) is 3. The Kier molecular flexibility index (Phi) is 10.2. The molecule has 42 heavy (non-hydrogen) atoms. The molecule has 0 spiro atoms. The number of rotatable bonds is 10. The smallest absolute Gasteiger partial charge is 0.407 e. The number of nitrogens with zero attached hydrogens (tertiary/aromatic N) is 1. The van der Waals surface area contributed by atoms with Gasteiger partial charge in [0.25, 0.3) is 5.91 Å². The van der Waals surface area contributed by atoms with Crippen LogP contribution >= 0.6 is 11.8 Å². The summed E-state index contributed by atoms with van der Waals surface area (Å²) in [5.74, 6) is -1.47. The van der Waals surface area contributed by atoms with Crippen LogP contribution in [-0.2, 0) is 36.8 Å². The maximum atomic E-state index is 13.8. The van der Waals surface area contributed by atoms with Crippen molar-refractivity contribution in [3.63, 3.8) is 0 Å². The fourth-order valence-electron chi connectivity index (χ4n) is 5.16. The lowest BCUT2D eigenvalue weighted by molar-refractivity contribution is -0.147. The fraction of sp³-hybridized carbons (Fsp3) is 0.516. The van der Waals surface area contributed by atoms with Crippen molar-refractivity contribution in [3.8, 4) is 0 Å². The number of amides is 3. The minimum atomic E-state index is -1.62. The summed E-state index contributed by atoms with van der Waals surface area (Å²) in [5.41, 5.74) is 2.85. The number of benzene rings is 2. The maximum Gasteiger partial charge on any atom is 0.407 e.